The summed E-state index contributed by atoms with van der Waals surface area (Å²) in [5, 5.41) is 4.78. The fraction of sp³-hybridized carbons (Fsp3) is 0. The van der Waals surface area contributed by atoms with Crippen LogP contribution >= 0.6 is 0 Å². The normalized spacial score (nSPS) is 11.2. The molecule has 0 radical (unpaired) electrons. The van der Waals surface area contributed by atoms with Crippen molar-refractivity contribution in [1.29, 1.82) is 0 Å². The van der Waals surface area contributed by atoms with E-state index in [1.165, 1.54) is 32.7 Å². The molecule has 9 aromatic rings. The molecule has 0 aliphatic heterocycles. The highest BCUT2D eigenvalue weighted by Gasteiger charge is 2.17. The van der Waals surface area contributed by atoms with Gasteiger partial charge in [-0.1, -0.05) is 140 Å². The van der Waals surface area contributed by atoms with Gasteiger partial charge in [-0.3, -0.25) is 4.98 Å². The van der Waals surface area contributed by atoms with Crippen molar-refractivity contribution in [2.75, 3.05) is 0 Å². The number of benzene rings is 7. The third-order valence-electron chi connectivity index (χ3n) is 9.16. The molecule has 0 saturated heterocycles. The summed E-state index contributed by atoms with van der Waals surface area (Å²) in [5.74, 6) is 1.86. The van der Waals surface area contributed by atoms with Gasteiger partial charge in [0.25, 0.3) is 0 Å². The van der Waals surface area contributed by atoms with Gasteiger partial charge in [0.2, 0.25) is 0 Å². The Morgan fingerprint density at radius 1 is 0.300 bits per heavy atom. The fourth-order valence-corrected chi connectivity index (χ4v) is 6.72. The van der Waals surface area contributed by atoms with E-state index in [-0.39, 0.29) is 0 Å². The molecule has 4 nitrogen and oxygen atoms in total. The van der Waals surface area contributed by atoms with Crippen LogP contribution < -0.4 is 0 Å². The van der Waals surface area contributed by atoms with Crippen LogP contribution in [0.1, 0.15) is 0 Å². The molecule has 0 aliphatic carbocycles. The number of aromatic nitrogens is 4. The molecule has 0 spiro atoms. The van der Waals surface area contributed by atoms with Crippen molar-refractivity contribution < 1.29 is 0 Å². The average Bonchev–Trinajstić information content (AvgIpc) is 3.20. The molecule has 0 bridgehead atoms. The first kappa shape index (κ1) is 29.4. The second kappa shape index (κ2) is 12.7. The number of rotatable bonds is 6. The Morgan fingerprint density at radius 2 is 0.760 bits per heavy atom. The fourth-order valence-electron chi connectivity index (χ4n) is 6.72. The predicted octanol–water partition coefficient (Wildman–Crippen LogP) is 11.6. The minimum Gasteiger partial charge on any atom is -0.264 e. The predicted molar refractivity (Wildman–Crippen MR) is 205 cm³/mol. The summed E-state index contributed by atoms with van der Waals surface area (Å²) in [4.78, 5) is 19.8. The highest BCUT2D eigenvalue weighted by Crippen LogP contribution is 2.40. The minimum atomic E-state index is 0.609. The van der Waals surface area contributed by atoms with Gasteiger partial charge in [-0.05, 0) is 79.7 Å². The molecule has 9 rings (SSSR count). The van der Waals surface area contributed by atoms with E-state index in [2.05, 4.69) is 132 Å². The first-order valence-electron chi connectivity index (χ1n) is 16.7. The van der Waals surface area contributed by atoms with Gasteiger partial charge >= 0.3 is 0 Å². The van der Waals surface area contributed by atoms with Crippen molar-refractivity contribution in [2.45, 2.75) is 0 Å². The SMILES string of the molecule is c1ccc(-c2ccc(-c3nc(-c4ccccc4)nc(-c4cc(-c5cccnc5)cc(-c5c6ccccc6cc6ccccc56)c4)n3)cc2)cc1. The Labute approximate surface area is 290 Å². The lowest BCUT2D eigenvalue weighted by Crippen LogP contribution is -2.00. The Kier molecular flexibility index (Phi) is 7.45. The molecule has 0 aliphatic rings. The minimum absolute atomic E-state index is 0.609. The van der Waals surface area contributed by atoms with Crippen LogP contribution in [0.2, 0.25) is 0 Å². The molecule has 0 unspecified atom stereocenters. The highest BCUT2D eigenvalue weighted by atomic mass is 15.0. The molecule has 234 valence electrons. The van der Waals surface area contributed by atoms with Crippen LogP contribution in [0.5, 0.6) is 0 Å². The number of pyridine rings is 1. The van der Waals surface area contributed by atoms with Gasteiger partial charge in [0, 0.05) is 34.6 Å². The monoisotopic (exact) mass is 638 g/mol. The van der Waals surface area contributed by atoms with Crippen molar-refractivity contribution in [1.82, 2.24) is 19.9 Å². The van der Waals surface area contributed by atoms with Crippen molar-refractivity contribution in [3.05, 3.63) is 182 Å². The van der Waals surface area contributed by atoms with E-state index < -0.39 is 0 Å². The maximum atomic E-state index is 5.16. The smallest absolute Gasteiger partial charge is 0.164 e. The van der Waals surface area contributed by atoms with Gasteiger partial charge in [-0.25, -0.2) is 15.0 Å². The molecule has 4 heteroatoms. The molecular weight excluding hydrogens is 609 g/mol. The maximum absolute atomic E-state index is 5.16. The summed E-state index contributed by atoms with van der Waals surface area (Å²) in [6.45, 7) is 0. The van der Waals surface area contributed by atoms with Crippen LogP contribution in [0.15, 0.2) is 182 Å². The van der Waals surface area contributed by atoms with E-state index in [9.17, 15) is 0 Å². The number of nitrogens with zero attached hydrogens (tertiary/aromatic N) is 4. The molecule has 0 amide bonds. The van der Waals surface area contributed by atoms with Crippen molar-refractivity contribution in [3.63, 3.8) is 0 Å². The zero-order valence-corrected chi connectivity index (χ0v) is 27.1. The van der Waals surface area contributed by atoms with Crippen LogP contribution in [-0.2, 0) is 0 Å². The van der Waals surface area contributed by atoms with Crippen LogP contribution in [-0.4, -0.2) is 19.9 Å². The van der Waals surface area contributed by atoms with E-state index in [1.807, 2.05) is 48.7 Å². The first-order chi connectivity index (χ1) is 24.8. The summed E-state index contributed by atoms with van der Waals surface area (Å²) in [7, 11) is 0. The Balaban J connectivity index is 1.28. The molecule has 2 heterocycles. The standard InChI is InChI=1S/C46H30N4/c1-3-12-31(13-4-1)32-21-23-34(24-22-32)45-48-44(33-14-5-2-6-15-33)49-46(50-45)40-28-38(37-18-11-25-47-30-37)27-39(29-40)43-41-19-9-7-16-35(41)26-36-17-8-10-20-42(36)43/h1-30H. The quantitative estimate of drug-likeness (QED) is 0.170. The summed E-state index contributed by atoms with van der Waals surface area (Å²) >= 11 is 0. The second-order valence-electron chi connectivity index (χ2n) is 12.4. The van der Waals surface area contributed by atoms with Gasteiger partial charge in [-0.15, -0.1) is 0 Å². The third kappa shape index (κ3) is 5.59. The number of hydrogen-bond donors (Lipinski definition) is 0. The molecule has 0 saturated carbocycles. The molecular formula is C46H30N4. The van der Waals surface area contributed by atoms with E-state index in [1.54, 1.807) is 6.20 Å². The molecule has 2 aromatic heterocycles. The van der Waals surface area contributed by atoms with E-state index in [4.69, 9.17) is 15.0 Å². The van der Waals surface area contributed by atoms with E-state index >= 15 is 0 Å². The van der Waals surface area contributed by atoms with Gasteiger partial charge in [0.05, 0.1) is 0 Å². The van der Waals surface area contributed by atoms with Gasteiger partial charge in [-0.2, -0.15) is 0 Å². The van der Waals surface area contributed by atoms with Crippen molar-refractivity contribution in [2.24, 2.45) is 0 Å². The van der Waals surface area contributed by atoms with Crippen LogP contribution in [0, 0.1) is 0 Å². The number of hydrogen-bond acceptors (Lipinski definition) is 4. The molecule has 0 atom stereocenters. The lowest BCUT2D eigenvalue weighted by Gasteiger charge is -2.16. The van der Waals surface area contributed by atoms with Crippen LogP contribution in [0.3, 0.4) is 0 Å². The zero-order chi connectivity index (χ0) is 33.3. The Bertz CT molecular complexity index is 2560. The van der Waals surface area contributed by atoms with Crippen molar-refractivity contribution in [3.8, 4) is 67.5 Å². The van der Waals surface area contributed by atoms with Gasteiger partial charge < -0.3 is 0 Å². The Hall–Kier alpha value is -6.78. The van der Waals surface area contributed by atoms with Gasteiger partial charge in [0.15, 0.2) is 17.5 Å². The van der Waals surface area contributed by atoms with Crippen LogP contribution in [0.25, 0.3) is 89.1 Å². The largest absolute Gasteiger partial charge is 0.264 e. The summed E-state index contributed by atoms with van der Waals surface area (Å²) in [6, 6.07) is 59.2. The molecule has 0 fully saturated rings. The third-order valence-corrected chi connectivity index (χ3v) is 9.16. The molecule has 50 heavy (non-hydrogen) atoms. The lowest BCUT2D eigenvalue weighted by molar-refractivity contribution is 1.07. The van der Waals surface area contributed by atoms with Gasteiger partial charge in [0.1, 0.15) is 0 Å². The topological polar surface area (TPSA) is 51.6 Å². The first-order valence-corrected chi connectivity index (χ1v) is 16.7. The maximum Gasteiger partial charge on any atom is 0.164 e. The summed E-state index contributed by atoms with van der Waals surface area (Å²) in [5.41, 5.74) is 9.40. The van der Waals surface area contributed by atoms with Crippen LogP contribution in [0.4, 0.5) is 0 Å². The zero-order valence-electron chi connectivity index (χ0n) is 27.1. The lowest BCUT2D eigenvalue weighted by atomic mass is 9.89. The summed E-state index contributed by atoms with van der Waals surface area (Å²) < 4.78 is 0. The molecule has 7 aromatic carbocycles. The second-order valence-corrected chi connectivity index (χ2v) is 12.4. The highest BCUT2D eigenvalue weighted by molar-refractivity contribution is 6.13. The van der Waals surface area contributed by atoms with Crippen molar-refractivity contribution >= 4 is 21.5 Å². The average molecular weight is 639 g/mol. The summed E-state index contributed by atoms with van der Waals surface area (Å²) in [6.07, 6.45) is 3.71. The molecule has 0 N–H and O–H groups in total. The number of fused-ring (bicyclic) bond motifs is 2. The Morgan fingerprint density at radius 3 is 1.38 bits per heavy atom. The van der Waals surface area contributed by atoms with E-state index in [0.29, 0.717) is 17.5 Å². The van der Waals surface area contributed by atoms with E-state index in [0.717, 1.165) is 38.9 Å².